The average molecular weight is 571 g/mol. The molecule has 1 atom stereocenters. The second-order valence-electron chi connectivity index (χ2n) is 12.2. The molecule has 42 heavy (non-hydrogen) atoms. The fourth-order valence-electron chi connectivity index (χ4n) is 7.18. The number of fused-ring (bicyclic) bond motifs is 2. The van der Waals surface area contributed by atoms with Crippen LogP contribution < -0.4 is 14.5 Å². The van der Waals surface area contributed by atoms with Gasteiger partial charge in [-0.3, -0.25) is 4.90 Å². The zero-order valence-electron chi connectivity index (χ0n) is 24.2. The maximum absolute atomic E-state index is 11.9. The van der Waals surface area contributed by atoms with E-state index in [0.29, 0.717) is 38.8 Å². The molecule has 220 valence electrons. The Labute approximate surface area is 245 Å². The summed E-state index contributed by atoms with van der Waals surface area (Å²) in [4.78, 5) is 30.4. The number of para-hydroxylation sites is 1. The van der Waals surface area contributed by atoms with Crippen LogP contribution in [0.25, 0.3) is 10.9 Å². The van der Waals surface area contributed by atoms with Crippen molar-refractivity contribution in [2.24, 2.45) is 7.05 Å². The van der Waals surface area contributed by atoms with Crippen LogP contribution in [0.2, 0.25) is 0 Å². The molecule has 0 spiro atoms. The van der Waals surface area contributed by atoms with E-state index in [0.717, 1.165) is 56.0 Å². The summed E-state index contributed by atoms with van der Waals surface area (Å²) in [5.74, 6) is 0.825. The van der Waals surface area contributed by atoms with E-state index in [1.807, 2.05) is 0 Å². The van der Waals surface area contributed by atoms with Gasteiger partial charge in [-0.05, 0) is 57.3 Å². The number of piperazine rings is 1. The number of amides is 1. The number of carbonyl (C=O) groups is 1. The zero-order valence-corrected chi connectivity index (χ0v) is 24.2. The van der Waals surface area contributed by atoms with Gasteiger partial charge in [-0.15, -0.1) is 0 Å². The van der Waals surface area contributed by atoms with Crippen molar-refractivity contribution in [3.05, 3.63) is 41.7 Å². The molecule has 1 aromatic carbocycles. The van der Waals surface area contributed by atoms with Crippen molar-refractivity contribution >= 4 is 28.5 Å². The Morgan fingerprint density at radius 3 is 2.71 bits per heavy atom. The Morgan fingerprint density at radius 2 is 1.95 bits per heavy atom. The molecule has 1 amide bonds. The van der Waals surface area contributed by atoms with Crippen LogP contribution >= 0.6 is 0 Å². The first-order valence-electron chi connectivity index (χ1n) is 15.1. The number of rotatable bonds is 7. The normalized spacial score (nSPS) is 21.8. The SMILES string of the molecule is Cn1ccc2cccc(N3CCc4c(nc(OCC5(N6CCCC6)CC5)nc4N4CCN(C(=O)O)C(CC#N)C4)C3)c21. The van der Waals surface area contributed by atoms with E-state index in [1.165, 1.54) is 34.3 Å². The number of aryl methyl sites for hydroxylation is 1. The Bertz CT molecular complexity index is 1540. The van der Waals surface area contributed by atoms with Gasteiger partial charge in [0.25, 0.3) is 0 Å². The molecule has 1 aliphatic carbocycles. The molecule has 0 bridgehead atoms. The van der Waals surface area contributed by atoms with Crippen LogP contribution in [0.3, 0.4) is 0 Å². The molecule has 2 saturated heterocycles. The number of hydrogen-bond donors (Lipinski definition) is 1. The maximum Gasteiger partial charge on any atom is 0.407 e. The van der Waals surface area contributed by atoms with Crippen molar-refractivity contribution in [2.45, 2.75) is 56.7 Å². The van der Waals surface area contributed by atoms with Crippen molar-refractivity contribution in [3.8, 4) is 12.1 Å². The van der Waals surface area contributed by atoms with E-state index in [2.05, 4.69) is 62.8 Å². The van der Waals surface area contributed by atoms with Gasteiger partial charge in [-0.25, -0.2) is 4.79 Å². The van der Waals surface area contributed by atoms with Crippen LogP contribution in [0.5, 0.6) is 6.01 Å². The summed E-state index contributed by atoms with van der Waals surface area (Å²) in [5.41, 5.74) is 4.55. The monoisotopic (exact) mass is 570 g/mol. The topological polar surface area (TPSA) is 114 Å². The summed E-state index contributed by atoms with van der Waals surface area (Å²) in [6.07, 6.45) is 6.82. The van der Waals surface area contributed by atoms with Crippen LogP contribution in [0.15, 0.2) is 30.5 Å². The van der Waals surface area contributed by atoms with E-state index < -0.39 is 12.1 Å². The molecule has 3 fully saturated rings. The lowest BCUT2D eigenvalue weighted by atomic mass is 10.0. The Hall–Kier alpha value is -4.04. The number of nitrogens with zero attached hydrogens (tertiary/aromatic N) is 8. The van der Waals surface area contributed by atoms with Crippen molar-refractivity contribution < 1.29 is 14.6 Å². The van der Waals surface area contributed by atoms with Crippen LogP contribution in [0.4, 0.5) is 16.3 Å². The quantitative estimate of drug-likeness (QED) is 0.455. The molecule has 11 nitrogen and oxygen atoms in total. The smallest absolute Gasteiger partial charge is 0.407 e. The predicted molar refractivity (Wildman–Crippen MR) is 159 cm³/mol. The number of likely N-dealkylation sites (tertiary alicyclic amines) is 1. The van der Waals surface area contributed by atoms with Gasteiger partial charge in [0.1, 0.15) is 12.4 Å². The van der Waals surface area contributed by atoms with Crippen molar-refractivity contribution in [1.29, 1.82) is 5.26 Å². The molecule has 2 aromatic heterocycles. The molecule has 5 heterocycles. The molecule has 0 radical (unpaired) electrons. The summed E-state index contributed by atoms with van der Waals surface area (Å²) in [6.45, 7) is 5.58. The average Bonchev–Trinajstić information content (AvgIpc) is 3.38. The van der Waals surface area contributed by atoms with E-state index in [1.54, 1.807) is 0 Å². The van der Waals surface area contributed by atoms with E-state index >= 15 is 0 Å². The van der Waals surface area contributed by atoms with Crippen LogP contribution in [-0.2, 0) is 20.0 Å². The minimum Gasteiger partial charge on any atom is -0.465 e. The van der Waals surface area contributed by atoms with E-state index in [-0.39, 0.29) is 12.0 Å². The van der Waals surface area contributed by atoms with Gasteiger partial charge in [0.2, 0.25) is 0 Å². The maximum atomic E-state index is 11.9. The predicted octanol–water partition coefficient (Wildman–Crippen LogP) is 3.62. The van der Waals surface area contributed by atoms with Crippen molar-refractivity contribution in [1.82, 2.24) is 24.3 Å². The molecule has 1 unspecified atom stereocenters. The number of anilines is 2. The minimum absolute atomic E-state index is 0.106. The van der Waals surface area contributed by atoms with Gasteiger partial charge < -0.3 is 29.1 Å². The van der Waals surface area contributed by atoms with Gasteiger partial charge in [0.15, 0.2) is 0 Å². The lowest BCUT2D eigenvalue weighted by molar-refractivity contribution is 0.118. The van der Waals surface area contributed by atoms with E-state index in [4.69, 9.17) is 14.7 Å². The fraction of sp³-hybridized carbons (Fsp3) is 0.548. The molecule has 1 saturated carbocycles. The molecule has 7 rings (SSSR count). The minimum atomic E-state index is -0.981. The van der Waals surface area contributed by atoms with Crippen molar-refractivity contribution in [3.63, 3.8) is 0 Å². The highest BCUT2D eigenvalue weighted by atomic mass is 16.5. The first kappa shape index (κ1) is 26.8. The number of hydrogen-bond acceptors (Lipinski definition) is 8. The molecule has 3 aliphatic heterocycles. The fourth-order valence-corrected chi connectivity index (χ4v) is 7.18. The van der Waals surface area contributed by atoms with Crippen LogP contribution in [-0.4, -0.2) is 93.0 Å². The Morgan fingerprint density at radius 1 is 1.12 bits per heavy atom. The molecule has 11 heteroatoms. The lowest BCUT2D eigenvalue weighted by Crippen LogP contribution is -2.55. The second kappa shape index (κ2) is 10.7. The summed E-state index contributed by atoms with van der Waals surface area (Å²) < 4.78 is 8.60. The molecule has 3 aromatic rings. The highest BCUT2D eigenvalue weighted by molar-refractivity contribution is 5.92. The molecule has 1 N–H and O–H groups in total. The van der Waals surface area contributed by atoms with Gasteiger partial charge in [-0.1, -0.05) is 12.1 Å². The molecular weight excluding hydrogens is 532 g/mol. The zero-order chi connectivity index (χ0) is 28.8. The largest absolute Gasteiger partial charge is 0.465 e. The van der Waals surface area contributed by atoms with Crippen molar-refractivity contribution in [2.75, 3.05) is 55.7 Å². The summed E-state index contributed by atoms with van der Waals surface area (Å²) >= 11 is 0. The summed E-state index contributed by atoms with van der Waals surface area (Å²) in [7, 11) is 2.08. The Balaban J connectivity index is 1.21. The standard InChI is InChI=1S/C31H38N8O3/c1-35-15-8-22-5-4-6-26(27(22)35)36-16-9-24-25(20-36)33-29(42-21-31(10-11-31)38-13-2-3-14-38)34-28(24)37-17-18-39(30(40)41)23(19-37)7-12-32/h4-6,8,15,23H,2-3,7,9-11,13-14,16-21H2,1H3,(H,40,41). The lowest BCUT2D eigenvalue weighted by Gasteiger charge is -2.41. The van der Waals surface area contributed by atoms with Gasteiger partial charge in [-0.2, -0.15) is 15.2 Å². The molecule has 4 aliphatic rings. The number of ether oxygens (including phenoxy) is 1. The Kier molecular flexibility index (Phi) is 6.81. The number of carboxylic acid groups (broad SMARTS) is 1. The van der Waals surface area contributed by atoms with E-state index in [9.17, 15) is 15.2 Å². The van der Waals surface area contributed by atoms with Gasteiger partial charge >= 0.3 is 12.1 Å². The van der Waals surface area contributed by atoms with Gasteiger partial charge in [0.05, 0.1) is 47.5 Å². The summed E-state index contributed by atoms with van der Waals surface area (Å²) in [5, 5.41) is 20.4. The molecular formula is C31H38N8O3. The van der Waals surface area contributed by atoms with Gasteiger partial charge in [0, 0.05) is 50.4 Å². The number of aromatic nitrogens is 3. The third-order valence-corrected chi connectivity index (χ3v) is 9.67. The van der Waals surface area contributed by atoms with Crippen LogP contribution in [0.1, 0.15) is 43.4 Å². The highest BCUT2D eigenvalue weighted by Gasteiger charge is 2.49. The third-order valence-electron chi connectivity index (χ3n) is 9.67. The third kappa shape index (κ3) is 4.77. The summed E-state index contributed by atoms with van der Waals surface area (Å²) in [6, 6.07) is 10.7. The number of benzene rings is 1. The highest BCUT2D eigenvalue weighted by Crippen LogP contribution is 2.44. The first-order chi connectivity index (χ1) is 20.5. The second-order valence-corrected chi connectivity index (χ2v) is 12.2. The van der Waals surface area contributed by atoms with Crippen LogP contribution in [0, 0.1) is 11.3 Å². The number of nitriles is 1. The first-order valence-corrected chi connectivity index (χ1v) is 15.1.